The molecule has 2 atom stereocenters. The summed E-state index contributed by atoms with van der Waals surface area (Å²) in [5, 5.41) is 3.45. The van der Waals surface area contributed by atoms with E-state index in [0.717, 1.165) is 50.8 Å². The number of likely N-dealkylation sites (tertiary alicyclic amines) is 1. The van der Waals surface area contributed by atoms with E-state index in [1.54, 1.807) is 6.26 Å². The molecule has 1 aromatic heterocycles. The minimum atomic E-state index is 0.469. The monoisotopic (exact) mass is 291 g/mol. The van der Waals surface area contributed by atoms with Gasteiger partial charge < -0.3 is 19.4 Å². The maximum atomic E-state index is 5.87. The SMILES string of the molecule is CN=C(NCCc1ccco1)N1CC[C@@H]2OCCC[C@H]2C1. The van der Waals surface area contributed by atoms with Gasteiger partial charge in [0.1, 0.15) is 5.76 Å². The van der Waals surface area contributed by atoms with Gasteiger partial charge in [-0.1, -0.05) is 0 Å². The largest absolute Gasteiger partial charge is 0.469 e. The number of nitrogens with one attached hydrogen (secondary N) is 1. The first-order valence-corrected chi connectivity index (χ1v) is 7.96. The van der Waals surface area contributed by atoms with Crippen molar-refractivity contribution in [3.63, 3.8) is 0 Å². The second-order valence-corrected chi connectivity index (χ2v) is 5.85. The van der Waals surface area contributed by atoms with Gasteiger partial charge in [-0.3, -0.25) is 4.99 Å². The topological polar surface area (TPSA) is 50.0 Å². The van der Waals surface area contributed by atoms with Crippen LogP contribution in [0.2, 0.25) is 0 Å². The summed E-state index contributed by atoms with van der Waals surface area (Å²) in [5.74, 6) is 2.68. The van der Waals surface area contributed by atoms with Gasteiger partial charge >= 0.3 is 0 Å². The number of hydrogen-bond acceptors (Lipinski definition) is 3. The first-order chi connectivity index (χ1) is 10.4. The Kier molecular flexibility index (Phi) is 4.80. The van der Waals surface area contributed by atoms with Crippen LogP contribution in [0.1, 0.15) is 25.0 Å². The van der Waals surface area contributed by atoms with Crippen LogP contribution in [-0.4, -0.2) is 50.3 Å². The molecule has 2 fully saturated rings. The molecule has 5 nitrogen and oxygen atoms in total. The van der Waals surface area contributed by atoms with Gasteiger partial charge in [0.25, 0.3) is 0 Å². The van der Waals surface area contributed by atoms with Crippen LogP contribution in [-0.2, 0) is 11.2 Å². The molecule has 116 valence electrons. The lowest BCUT2D eigenvalue weighted by molar-refractivity contribution is -0.0559. The Bertz CT molecular complexity index is 458. The van der Waals surface area contributed by atoms with E-state index in [0.29, 0.717) is 12.0 Å². The van der Waals surface area contributed by atoms with Crippen LogP contribution in [0.3, 0.4) is 0 Å². The van der Waals surface area contributed by atoms with E-state index >= 15 is 0 Å². The molecular weight excluding hydrogens is 266 g/mol. The second kappa shape index (κ2) is 6.98. The average molecular weight is 291 g/mol. The van der Waals surface area contributed by atoms with Crippen molar-refractivity contribution in [2.75, 3.05) is 33.3 Å². The lowest BCUT2D eigenvalue weighted by Gasteiger charge is -2.42. The first kappa shape index (κ1) is 14.4. The lowest BCUT2D eigenvalue weighted by atomic mass is 9.88. The summed E-state index contributed by atoms with van der Waals surface area (Å²) in [6.07, 6.45) is 6.66. The Labute approximate surface area is 126 Å². The lowest BCUT2D eigenvalue weighted by Crippen LogP contribution is -2.52. The third-order valence-corrected chi connectivity index (χ3v) is 4.46. The van der Waals surface area contributed by atoms with Crippen LogP contribution in [0.15, 0.2) is 27.8 Å². The Morgan fingerprint density at radius 3 is 3.24 bits per heavy atom. The highest BCUT2D eigenvalue weighted by molar-refractivity contribution is 5.80. The Balaban J connectivity index is 1.49. The number of fused-ring (bicyclic) bond motifs is 1. The van der Waals surface area contributed by atoms with E-state index < -0.39 is 0 Å². The van der Waals surface area contributed by atoms with Gasteiger partial charge in [-0.25, -0.2) is 0 Å². The number of aliphatic imine (C=N–C) groups is 1. The van der Waals surface area contributed by atoms with Gasteiger partial charge in [0.2, 0.25) is 0 Å². The summed E-state index contributed by atoms with van der Waals surface area (Å²) in [7, 11) is 1.86. The van der Waals surface area contributed by atoms with Crippen LogP contribution < -0.4 is 5.32 Å². The fourth-order valence-corrected chi connectivity index (χ4v) is 3.36. The van der Waals surface area contributed by atoms with Gasteiger partial charge in [0, 0.05) is 45.6 Å². The quantitative estimate of drug-likeness (QED) is 0.682. The zero-order valence-corrected chi connectivity index (χ0v) is 12.8. The molecule has 1 N–H and O–H groups in total. The normalized spacial score (nSPS) is 26.5. The summed E-state index contributed by atoms with van der Waals surface area (Å²) < 4.78 is 11.2. The molecule has 2 aliphatic rings. The van der Waals surface area contributed by atoms with E-state index in [-0.39, 0.29) is 0 Å². The van der Waals surface area contributed by atoms with Gasteiger partial charge in [-0.2, -0.15) is 0 Å². The van der Waals surface area contributed by atoms with Gasteiger partial charge in [-0.05, 0) is 31.4 Å². The molecule has 0 spiro atoms. The summed E-state index contributed by atoms with van der Waals surface area (Å²) >= 11 is 0. The molecule has 0 bridgehead atoms. The standard InChI is InChI=1S/C16H25N3O2/c1-17-16(18-8-6-14-5-3-10-20-14)19-9-7-15-13(12-19)4-2-11-21-15/h3,5,10,13,15H,2,4,6-9,11-12H2,1H3,(H,17,18)/t13-,15-/m0/s1. The highest BCUT2D eigenvalue weighted by atomic mass is 16.5. The predicted molar refractivity (Wildman–Crippen MR) is 82.4 cm³/mol. The van der Waals surface area contributed by atoms with Crippen LogP contribution in [0, 0.1) is 5.92 Å². The molecule has 0 aromatic carbocycles. The molecule has 3 heterocycles. The Hall–Kier alpha value is -1.49. The van der Waals surface area contributed by atoms with Crippen LogP contribution in [0.5, 0.6) is 0 Å². The zero-order valence-electron chi connectivity index (χ0n) is 12.8. The molecular formula is C16H25N3O2. The number of rotatable bonds is 3. The van der Waals surface area contributed by atoms with Gasteiger partial charge in [-0.15, -0.1) is 0 Å². The number of ether oxygens (including phenoxy) is 1. The minimum absolute atomic E-state index is 0.469. The van der Waals surface area contributed by atoms with E-state index in [4.69, 9.17) is 9.15 Å². The smallest absolute Gasteiger partial charge is 0.193 e. The summed E-state index contributed by atoms with van der Waals surface area (Å²) in [6.45, 7) is 3.88. The molecule has 5 heteroatoms. The molecule has 0 amide bonds. The van der Waals surface area contributed by atoms with Crippen molar-refractivity contribution < 1.29 is 9.15 Å². The van der Waals surface area contributed by atoms with E-state index in [2.05, 4.69) is 15.2 Å². The van der Waals surface area contributed by atoms with Crippen LogP contribution in [0.25, 0.3) is 0 Å². The highest BCUT2D eigenvalue weighted by Crippen LogP contribution is 2.28. The molecule has 0 unspecified atom stereocenters. The number of hydrogen-bond donors (Lipinski definition) is 1. The summed E-state index contributed by atoms with van der Waals surface area (Å²) in [5.41, 5.74) is 0. The fourth-order valence-electron chi connectivity index (χ4n) is 3.36. The maximum Gasteiger partial charge on any atom is 0.193 e. The second-order valence-electron chi connectivity index (χ2n) is 5.85. The molecule has 0 aliphatic carbocycles. The Morgan fingerprint density at radius 2 is 2.43 bits per heavy atom. The van der Waals surface area contributed by atoms with Crippen molar-refractivity contribution in [1.82, 2.24) is 10.2 Å². The van der Waals surface area contributed by atoms with Crippen molar-refractivity contribution in [2.45, 2.75) is 31.8 Å². The van der Waals surface area contributed by atoms with Gasteiger partial charge in [0.15, 0.2) is 5.96 Å². The average Bonchev–Trinajstić information content (AvgIpc) is 3.04. The molecule has 2 saturated heterocycles. The number of guanidine groups is 1. The molecule has 2 aliphatic heterocycles. The van der Waals surface area contributed by atoms with Crippen molar-refractivity contribution in [2.24, 2.45) is 10.9 Å². The van der Waals surface area contributed by atoms with Crippen molar-refractivity contribution in [1.29, 1.82) is 0 Å². The Morgan fingerprint density at radius 1 is 1.48 bits per heavy atom. The molecule has 0 saturated carbocycles. The number of piperidine rings is 1. The third-order valence-electron chi connectivity index (χ3n) is 4.46. The molecule has 1 aromatic rings. The predicted octanol–water partition coefficient (Wildman–Crippen LogP) is 1.90. The van der Waals surface area contributed by atoms with Crippen molar-refractivity contribution >= 4 is 5.96 Å². The first-order valence-electron chi connectivity index (χ1n) is 7.96. The molecule has 3 rings (SSSR count). The van der Waals surface area contributed by atoms with E-state index in [9.17, 15) is 0 Å². The zero-order chi connectivity index (χ0) is 14.5. The van der Waals surface area contributed by atoms with E-state index in [1.165, 1.54) is 12.8 Å². The third kappa shape index (κ3) is 3.59. The van der Waals surface area contributed by atoms with Crippen molar-refractivity contribution in [3.05, 3.63) is 24.2 Å². The number of nitrogens with zero attached hydrogens (tertiary/aromatic N) is 2. The maximum absolute atomic E-state index is 5.87. The minimum Gasteiger partial charge on any atom is -0.469 e. The fraction of sp³-hybridized carbons (Fsp3) is 0.688. The highest BCUT2D eigenvalue weighted by Gasteiger charge is 2.33. The van der Waals surface area contributed by atoms with Gasteiger partial charge in [0.05, 0.1) is 12.4 Å². The number of furan rings is 1. The summed E-state index contributed by atoms with van der Waals surface area (Å²) in [6, 6.07) is 3.94. The molecule has 0 radical (unpaired) electrons. The van der Waals surface area contributed by atoms with Crippen LogP contribution in [0.4, 0.5) is 0 Å². The van der Waals surface area contributed by atoms with E-state index in [1.807, 2.05) is 19.2 Å². The van der Waals surface area contributed by atoms with Crippen molar-refractivity contribution in [3.8, 4) is 0 Å². The summed E-state index contributed by atoms with van der Waals surface area (Å²) in [4.78, 5) is 6.80. The van der Waals surface area contributed by atoms with Crippen LogP contribution >= 0.6 is 0 Å². The molecule has 21 heavy (non-hydrogen) atoms.